The Bertz CT molecular complexity index is 1800. The molecule has 8 atom stereocenters. The average molecular weight is 685 g/mol. The van der Waals surface area contributed by atoms with Crippen molar-refractivity contribution >= 4 is 47.0 Å². The first-order valence-electron chi connectivity index (χ1n) is 14.3. The summed E-state index contributed by atoms with van der Waals surface area (Å²) < 4.78 is 44.5. The maximum absolute atomic E-state index is 13.6. The van der Waals surface area contributed by atoms with E-state index in [2.05, 4.69) is 4.98 Å². The van der Waals surface area contributed by atoms with Crippen molar-refractivity contribution in [2.75, 3.05) is 13.2 Å². The van der Waals surface area contributed by atoms with E-state index in [1.165, 1.54) is 0 Å². The molecule has 0 radical (unpaired) electrons. The number of nitrogens with one attached hydrogen (secondary N) is 2. The molecule has 2 N–H and O–H groups in total. The number of imidazole rings is 1. The Labute approximate surface area is 268 Å². The lowest BCUT2D eigenvalue weighted by Gasteiger charge is -2.24. The number of aromatic nitrogens is 4. The van der Waals surface area contributed by atoms with Gasteiger partial charge in [-0.15, -0.1) is 0 Å². The van der Waals surface area contributed by atoms with Crippen LogP contribution in [0.25, 0.3) is 11.2 Å². The molecule has 0 amide bonds. The molecular formula is C27H32N4O17. The van der Waals surface area contributed by atoms with Crippen molar-refractivity contribution in [2.45, 2.75) is 90.6 Å². The number of esters is 6. The molecule has 0 saturated carbocycles. The molecule has 2 aromatic heterocycles. The fourth-order valence-electron chi connectivity index (χ4n) is 5.43. The van der Waals surface area contributed by atoms with E-state index in [0.29, 0.717) is 9.13 Å². The molecule has 48 heavy (non-hydrogen) atoms. The summed E-state index contributed by atoms with van der Waals surface area (Å²) in [5.74, 6) is -5.00. The molecule has 262 valence electrons. The van der Waals surface area contributed by atoms with Gasteiger partial charge in [0.2, 0.25) is 0 Å². The molecule has 0 aromatic carbocycles. The zero-order valence-corrected chi connectivity index (χ0v) is 26.4. The van der Waals surface area contributed by atoms with Gasteiger partial charge in [0.1, 0.15) is 25.4 Å². The maximum Gasteiger partial charge on any atom is 0.332 e. The van der Waals surface area contributed by atoms with Gasteiger partial charge in [-0.05, 0) is 0 Å². The van der Waals surface area contributed by atoms with Crippen molar-refractivity contribution < 1.29 is 66.7 Å². The summed E-state index contributed by atoms with van der Waals surface area (Å²) in [6.07, 6.45) is -12.1. The molecular weight excluding hydrogens is 652 g/mol. The van der Waals surface area contributed by atoms with Crippen molar-refractivity contribution in [3.8, 4) is 0 Å². The fraction of sp³-hybridized carbons (Fsp3) is 0.593. The molecule has 2 aliphatic heterocycles. The maximum atomic E-state index is 13.6. The van der Waals surface area contributed by atoms with E-state index in [1.807, 2.05) is 4.98 Å². The number of rotatable bonds is 10. The molecule has 0 aliphatic carbocycles. The number of nitrogens with zero attached hydrogens (tertiary/aromatic N) is 2. The Kier molecular flexibility index (Phi) is 10.5. The largest absolute Gasteiger partial charge is 0.463 e. The topological polar surface area (TPSA) is 269 Å². The van der Waals surface area contributed by atoms with E-state index < -0.39 is 126 Å². The number of carbonyl (C=O) groups excluding carboxylic acids is 6. The summed E-state index contributed by atoms with van der Waals surface area (Å²) in [6, 6.07) is 0. The molecule has 0 spiro atoms. The Morgan fingerprint density at radius 1 is 0.562 bits per heavy atom. The van der Waals surface area contributed by atoms with Gasteiger partial charge in [-0.3, -0.25) is 48.1 Å². The minimum Gasteiger partial charge on any atom is -0.463 e. The molecule has 2 aliphatic rings. The predicted molar refractivity (Wildman–Crippen MR) is 151 cm³/mol. The molecule has 4 rings (SSSR count). The molecule has 2 saturated heterocycles. The highest BCUT2D eigenvalue weighted by molar-refractivity contribution is 5.71. The highest BCUT2D eigenvalue weighted by atomic mass is 16.7. The smallest absolute Gasteiger partial charge is 0.332 e. The summed E-state index contributed by atoms with van der Waals surface area (Å²) in [5, 5.41) is 0. The zero-order valence-electron chi connectivity index (χ0n) is 26.4. The van der Waals surface area contributed by atoms with Gasteiger partial charge in [0, 0.05) is 41.5 Å². The minimum absolute atomic E-state index is 0.525. The number of carbonyl (C=O) groups is 6. The lowest BCUT2D eigenvalue weighted by Crippen LogP contribution is -2.43. The van der Waals surface area contributed by atoms with Crippen molar-refractivity contribution in [1.29, 1.82) is 0 Å². The molecule has 2 fully saturated rings. The van der Waals surface area contributed by atoms with Gasteiger partial charge in [0.15, 0.2) is 48.0 Å². The number of fused-ring (bicyclic) bond motifs is 1. The fourth-order valence-corrected chi connectivity index (χ4v) is 5.43. The van der Waals surface area contributed by atoms with Gasteiger partial charge in [-0.1, -0.05) is 0 Å². The van der Waals surface area contributed by atoms with Crippen LogP contribution < -0.4 is 16.9 Å². The Morgan fingerprint density at radius 2 is 0.938 bits per heavy atom. The second-order valence-electron chi connectivity index (χ2n) is 10.7. The van der Waals surface area contributed by atoms with Crippen molar-refractivity contribution in [3.05, 3.63) is 31.3 Å². The number of aromatic amines is 2. The standard InChI is InChI=1S/C27H32N4O17/c1-9(32)41-7-15-18(43-11(3)34)20(45-13(5)36)24(47-15)30-17-22(28-26(30)39)31(27(40)29-23(17)38)25-21(46-14(6)37)19(44-12(4)35)16(48-25)8-42-10(2)33/h15-16,18-21,24-25H,7-8H2,1-6H3,(H,28,39)(H,29,38,40)/t15-,16+,18-,19-,20+,21+,24+,25-/m1/s1. The second-order valence-corrected chi connectivity index (χ2v) is 10.7. The van der Waals surface area contributed by atoms with Gasteiger partial charge in [-0.25, -0.2) is 14.2 Å². The Balaban J connectivity index is 1.91. The van der Waals surface area contributed by atoms with Crippen LogP contribution in [0.2, 0.25) is 0 Å². The lowest BCUT2D eigenvalue weighted by molar-refractivity contribution is -0.166. The number of hydrogen-bond acceptors (Lipinski definition) is 17. The summed E-state index contributed by atoms with van der Waals surface area (Å²) in [7, 11) is 0. The minimum atomic E-state index is -1.72. The summed E-state index contributed by atoms with van der Waals surface area (Å²) in [4.78, 5) is 116. The molecule has 21 nitrogen and oxygen atoms in total. The molecule has 21 heteroatoms. The molecule has 0 unspecified atom stereocenters. The van der Waals surface area contributed by atoms with Crippen LogP contribution in [-0.2, 0) is 66.7 Å². The van der Waals surface area contributed by atoms with Gasteiger partial charge in [0.25, 0.3) is 5.56 Å². The zero-order chi connectivity index (χ0) is 35.6. The van der Waals surface area contributed by atoms with E-state index in [1.54, 1.807) is 0 Å². The quantitative estimate of drug-likeness (QED) is 0.199. The van der Waals surface area contributed by atoms with Crippen LogP contribution in [-0.4, -0.2) is 105 Å². The molecule has 2 aromatic rings. The SMILES string of the molecule is CC(=O)OC[C@@H]1O[C@@H](n2c(=O)[nH]c(=O)c3c2[nH]c(=O)n3[C@H]2O[C@H](COC(C)=O)[C@@H](OC(C)=O)[C@@H]2OC(C)=O)[C@@H](OC(C)=O)[C@@H]1OC(C)=O. The summed E-state index contributed by atoms with van der Waals surface area (Å²) >= 11 is 0. The molecule has 0 bridgehead atoms. The average Bonchev–Trinajstić information content (AvgIpc) is 3.57. The van der Waals surface area contributed by atoms with E-state index in [4.69, 9.17) is 37.9 Å². The first-order valence-corrected chi connectivity index (χ1v) is 14.3. The number of hydrogen-bond donors (Lipinski definition) is 2. The number of ether oxygens (including phenoxy) is 8. The van der Waals surface area contributed by atoms with E-state index in [-0.39, 0.29) is 0 Å². The van der Waals surface area contributed by atoms with E-state index >= 15 is 0 Å². The van der Waals surface area contributed by atoms with Crippen LogP contribution in [0.4, 0.5) is 0 Å². The van der Waals surface area contributed by atoms with Crippen LogP contribution in [0.5, 0.6) is 0 Å². The Hall–Kier alpha value is -5.31. The van der Waals surface area contributed by atoms with E-state index in [9.17, 15) is 43.2 Å². The van der Waals surface area contributed by atoms with Crippen molar-refractivity contribution in [2.24, 2.45) is 0 Å². The normalized spacial score (nSPS) is 26.5. The predicted octanol–water partition coefficient (Wildman–Crippen LogP) is -2.17. The van der Waals surface area contributed by atoms with Crippen LogP contribution >= 0.6 is 0 Å². The monoisotopic (exact) mass is 684 g/mol. The highest BCUT2D eigenvalue weighted by Crippen LogP contribution is 2.37. The first kappa shape index (κ1) is 35.5. The van der Waals surface area contributed by atoms with Gasteiger partial charge < -0.3 is 37.9 Å². The van der Waals surface area contributed by atoms with Gasteiger partial charge in [0.05, 0.1) is 0 Å². The van der Waals surface area contributed by atoms with E-state index in [0.717, 1.165) is 41.5 Å². The van der Waals surface area contributed by atoms with Crippen LogP contribution in [0, 0.1) is 0 Å². The Morgan fingerprint density at radius 3 is 1.33 bits per heavy atom. The third-order valence-electron chi connectivity index (χ3n) is 6.99. The summed E-state index contributed by atoms with van der Waals surface area (Å²) in [6.45, 7) is 5.26. The molecule has 4 heterocycles. The highest BCUT2D eigenvalue weighted by Gasteiger charge is 2.54. The third-order valence-corrected chi connectivity index (χ3v) is 6.99. The summed E-state index contributed by atoms with van der Waals surface area (Å²) in [5.41, 5.74) is -4.57. The lowest BCUT2D eigenvalue weighted by atomic mass is 10.1. The van der Waals surface area contributed by atoms with Crippen molar-refractivity contribution in [1.82, 2.24) is 19.1 Å². The van der Waals surface area contributed by atoms with Crippen LogP contribution in [0.1, 0.15) is 54.0 Å². The second kappa shape index (κ2) is 14.2. The van der Waals surface area contributed by atoms with Crippen molar-refractivity contribution in [3.63, 3.8) is 0 Å². The number of H-pyrrole nitrogens is 2. The van der Waals surface area contributed by atoms with Gasteiger partial charge >= 0.3 is 47.2 Å². The third kappa shape index (κ3) is 7.46. The van der Waals surface area contributed by atoms with Gasteiger partial charge in [-0.2, -0.15) is 0 Å². The first-order chi connectivity index (χ1) is 22.5. The van der Waals surface area contributed by atoms with Crippen LogP contribution in [0.15, 0.2) is 14.4 Å². The van der Waals surface area contributed by atoms with Crippen LogP contribution in [0.3, 0.4) is 0 Å².